The number of hydrogen-bond donors (Lipinski definition) is 2. The molecule has 3 N–H and O–H groups in total. The molecule has 5 heteroatoms. The van der Waals surface area contributed by atoms with Crippen molar-refractivity contribution in [2.75, 3.05) is 12.3 Å². The summed E-state index contributed by atoms with van der Waals surface area (Å²) in [6.07, 6.45) is 0.484. The van der Waals surface area contributed by atoms with Gasteiger partial charge in [0, 0.05) is 11.8 Å². The molecule has 0 aliphatic carbocycles. The molecule has 5 nitrogen and oxygen atoms in total. The minimum Gasteiger partial charge on any atom is -0.486 e. The van der Waals surface area contributed by atoms with E-state index in [0.717, 1.165) is 22.0 Å². The van der Waals surface area contributed by atoms with Gasteiger partial charge >= 0.3 is 0 Å². The summed E-state index contributed by atoms with van der Waals surface area (Å²) >= 11 is 0. The number of nitrogens with two attached hydrogens (primary N) is 1. The zero-order chi connectivity index (χ0) is 15.5. The first kappa shape index (κ1) is 14.1. The molecule has 22 heavy (non-hydrogen) atoms. The number of aromatic nitrogens is 2. The van der Waals surface area contributed by atoms with E-state index >= 15 is 0 Å². The van der Waals surface area contributed by atoms with Crippen molar-refractivity contribution < 1.29 is 9.53 Å². The summed E-state index contributed by atoms with van der Waals surface area (Å²) < 4.78 is 5.52. The van der Waals surface area contributed by atoms with E-state index in [9.17, 15) is 4.79 Å². The van der Waals surface area contributed by atoms with E-state index in [-0.39, 0.29) is 12.4 Å². The Morgan fingerprint density at radius 2 is 2.05 bits per heavy atom. The van der Waals surface area contributed by atoms with Gasteiger partial charge in [0.2, 0.25) is 0 Å². The number of hydrogen-bond acceptors (Lipinski definition) is 4. The van der Waals surface area contributed by atoms with Crippen LogP contribution in [-0.2, 0) is 4.79 Å². The highest BCUT2D eigenvalue weighted by atomic mass is 16.5. The van der Waals surface area contributed by atoms with Gasteiger partial charge in [-0.05, 0) is 35.4 Å². The molecule has 112 valence electrons. The van der Waals surface area contributed by atoms with Crippen LogP contribution in [0.25, 0.3) is 22.0 Å². The number of rotatable bonds is 5. The van der Waals surface area contributed by atoms with E-state index in [4.69, 9.17) is 10.5 Å². The van der Waals surface area contributed by atoms with Crippen LogP contribution in [0, 0.1) is 0 Å². The van der Waals surface area contributed by atoms with E-state index in [0.29, 0.717) is 18.0 Å². The molecule has 2 aromatic carbocycles. The van der Waals surface area contributed by atoms with E-state index < -0.39 is 0 Å². The number of nitrogen functional groups attached to an aromatic ring is 1. The predicted octanol–water partition coefficient (Wildman–Crippen LogP) is 3.17. The van der Waals surface area contributed by atoms with Crippen LogP contribution >= 0.6 is 0 Å². The van der Waals surface area contributed by atoms with E-state index in [1.165, 1.54) is 0 Å². The summed E-state index contributed by atoms with van der Waals surface area (Å²) in [5.74, 6) is 1.26. The number of ketones is 1. The Labute approximate surface area is 128 Å². The maximum Gasteiger partial charge on any atom is 0.169 e. The number of ether oxygens (including phenoxy) is 1. The molecule has 0 saturated heterocycles. The third-order valence-electron chi connectivity index (χ3n) is 3.55. The van der Waals surface area contributed by atoms with Gasteiger partial charge in [-0.2, -0.15) is 5.10 Å². The van der Waals surface area contributed by atoms with Gasteiger partial charge in [-0.1, -0.05) is 25.1 Å². The van der Waals surface area contributed by atoms with Crippen LogP contribution in [0.4, 0.5) is 5.82 Å². The van der Waals surface area contributed by atoms with Crippen LogP contribution < -0.4 is 10.5 Å². The summed E-state index contributed by atoms with van der Waals surface area (Å²) in [6, 6.07) is 13.6. The van der Waals surface area contributed by atoms with Gasteiger partial charge in [0.15, 0.2) is 11.6 Å². The SMILES string of the molecule is CCC(=O)COc1cccc(-c2ccc3c(N)n[nH]c3c2)c1. The van der Waals surface area contributed by atoms with Crippen molar-refractivity contribution in [3.8, 4) is 16.9 Å². The molecule has 0 fully saturated rings. The van der Waals surface area contributed by atoms with Crippen LogP contribution in [-0.4, -0.2) is 22.6 Å². The number of Topliss-reactive ketones (excluding diaryl/α,β-unsaturated/α-hetero) is 1. The Kier molecular flexibility index (Phi) is 3.78. The summed E-state index contributed by atoms with van der Waals surface area (Å²) in [5, 5.41) is 7.81. The van der Waals surface area contributed by atoms with Crippen LogP contribution in [0.5, 0.6) is 5.75 Å². The molecule has 0 radical (unpaired) electrons. The lowest BCUT2D eigenvalue weighted by Gasteiger charge is -2.07. The van der Waals surface area contributed by atoms with Crippen molar-refractivity contribution in [3.63, 3.8) is 0 Å². The number of aromatic amines is 1. The van der Waals surface area contributed by atoms with Crippen LogP contribution in [0.1, 0.15) is 13.3 Å². The first-order valence-corrected chi connectivity index (χ1v) is 7.16. The summed E-state index contributed by atoms with van der Waals surface area (Å²) in [6.45, 7) is 1.93. The van der Waals surface area contributed by atoms with Gasteiger partial charge in [0.05, 0.1) is 5.52 Å². The number of anilines is 1. The Morgan fingerprint density at radius 1 is 1.23 bits per heavy atom. The largest absolute Gasteiger partial charge is 0.486 e. The second-order valence-electron chi connectivity index (χ2n) is 5.08. The molecule has 0 spiro atoms. The highest BCUT2D eigenvalue weighted by molar-refractivity contribution is 5.91. The lowest BCUT2D eigenvalue weighted by Crippen LogP contribution is -2.09. The van der Waals surface area contributed by atoms with Gasteiger partial charge in [0.1, 0.15) is 12.4 Å². The number of benzene rings is 2. The monoisotopic (exact) mass is 295 g/mol. The molecule has 0 saturated carbocycles. The summed E-state index contributed by atoms with van der Waals surface area (Å²) in [7, 11) is 0. The van der Waals surface area contributed by atoms with Gasteiger partial charge < -0.3 is 10.5 Å². The second-order valence-corrected chi connectivity index (χ2v) is 5.08. The van der Waals surface area contributed by atoms with Crippen LogP contribution in [0.3, 0.4) is 0 Å². The molecule has 0 unspecified atom stereocenters. The van der Waals surface area contributed by atoms with Gasteiger partial charge in [-0.25, -0.2) is 0 Å². The fourth-order valence-electron chi connectivity index (χ4n) is 2.25. The Morgan fingerprint density at radius 3 is 2.86 bits per heavy atom. The first-order valence-electron chi connectivity index (χ1n) is 7.16. The molecule has 3 rings (SSSR count). The van der Waals surface area contributed by atoms with Crippen molar-refractivity contribution >= 4 is 22.5 Å². The van der Waals surface area contributed by atoms with Crippen molar-refractivity contribution in [2.45, 2.75) is 13.3 Å². The zero-order valence-corrected chi connectivity index (χ0v) is 12.3. The predicted molar refractivity (Wildman–Crippen MR) is 86.7 cm³/mol. The molecule has 1 aromatic heterocycles. The second kappa shape index (κ2) is 5.89. The quantitative estimate of drug-likeness (QED) is 0.757. The summed E-state index contributed by atoms with van der Waals surface area (Å²) in [4.78, 5) is 11.3. The maximum absolute atomic E-state index is 11.3. The van der Waals surface area contributed by atoms with E-state index in [2.05, 4.69) is 10.2 Å². The minimum atomic E-state index is 0.0831. The van der Waals surface area contributed by atoms with Gasteiger partial charge in [0.25, 0.3) is 0 Å². The van der Waals surface area contributed by atoms with E-state index in [1.54, 1.807) is 0 Å². The fraction of sp³-hybridized carbons (Fsp3) is 0.176. The molecule has 0 amide bonds. The van der Waals surface area contributed by atoms with Crippen molar-refractivity contribution in [3.05, 3.63) is 42.5 Å². The molecule has 0 aliphatic heterocycles. The number of carbonyl (C=O) groups excluding carboxylic acids is 1. The standard InChI is InChI=1S/C17H17N3O2/c1-2-13(21)10-22-14-5-3-4-11(8-14)12-6-7-15-16(9-12)19-20-17(15)18/h3-9H,2,10H2,1H3,(H3,18,19,20). The van der Waals surface area contributed by atoms with Crippen molar-refractivity contribution in [2.24, 2.45) is 0 Å². The molecule has 3 aromatic rings. The number of H-pyrrole nitrogens is 1. The van der Waals surface area contributed by atoms with Crippen molar-refractivity contribution in [1.82, 2.24) is 10.2 Å². The number of nitrogens with one attached hydrogen (secondary N) is 1. The third kappa shape index (κ3) is 2.79. The lowest BCUT2D eigenvalue weighted by atomic mass is 10.0. The normalized spacial score (nSPS) is 10.8. The zero-order valence-electron chi connectivity index (χ0n) is 12.3. The number of fused-ring (bicyclic) bond motifs is 1. The molecule has 1 heterocycles. The average molecular weight is 295 g/mol. The van der Waals surface area contributed by atoms with Gasteiger partial charge in [-0.15, -0.1) is 0 Å². The Balaban J connectivity index is 1.88. The molecular weight excluding hydrogens is 278 g/mol. The minimum absolute atomic E-state index is 0.0831. The van der Waals surface area contributed by atoms with Crippen LogP contribution in [0.2, 0.25) is 0 Å². The average Bonchev–Trinajstić information content (AvgIpc) is 2.93. The van der Waals surface area contributed by atoms with Crippen molar-refractivity contribution in [1.29, 1.82) is 0 Å². The highest BCUT2D eigenvalue weighted by Gasteiger charge is 2.06. The molecule has 0 atom stereocenters. The molecular formula is C17H17N3O2. The molecule has 0 aliphatic rings. The van der Waals surface area contributed by atoms with Gasteiger partial charge in [-0.3, -0.25) is 9.89 Å². The maximum atomic E-state index is 11.3. The number of nitrogens with zero attached hydrogens (tertiary/aromatic N) is 1. The smallest absolute Gasteiger partial charge is 0.169 e. The number of carbonyl (C=O) groups is 1. The fourth-order valence-corrected chi connectivity index (χ4v) is 2.25. The van der Waals surface area contributed by atoms with Crippen LogP contribution in [0.15, 0.2) is 42.5 Å². The molecule has 0 bridgehead atoms. The lowest BCUT2D eigenvalue weighted by molar-refractivity contribution is -0.120. The summed E-state index contributed by atoms with van der Waals surface area (Å²) in [5.41, 5.74) is 8.71. The Bertz CT molecular complexity index is 824. The van der Waals surface area contributed by atoms with E-state index in [1.807, 2.05) is 49.4 Å². The Hall–Kier alpha value is -2.82. The topological polar surface area (TPSA) is 81.0 Å². The highest BCUT2D eigenvalue weighted by Crippen LogP contribution is 2.28. The third-order valence-corrected chi connectivity index (χ3v) is 3.55. The first-order chi connectivity index (χ1) is 10.7.